The molecule has 0 radical (unpaired) electrons. The Balaban J connectivity index is 2.57. The highest BCUT2D eigenvalue weighted by molar-refractivity contribution is 5.99. The Morgan fingerprint density at radius 1 is 0.897 bits per heavy atom. The summed E-state index contributed by atoms with van der Waals surface area (Å²) < 4.78 is 10.7. The zero-order valence-electron chi connectivity index (χ0n) is 25.0. The molecule has 0 bridgehead atoms. The van der Waals surface area contributed by atoms with Gasteiger partial charge in [-0.2, -0.15) is 0 Å². The van der Waals surface area contributed by atoms with Gasteiger partial charge in [0, 0.05) is 11.2 Å². The topological polar surface area (TPSA) is 97.0 Å². The third kappa shape index (κ3) is 9.01. The van der Waals surface area contributed by atoms with Gasteiger partial charge in [0.25, 0.3) is 5.91 Å². The van der Waals surface area contributed by atoms with Crippen molar-refractivity contribution in [3.8, 4) is 5.75 Å². The average molecular weight is 540 g/mol. The standard InChI is InChI=1S/C31H45N3O5/c1-11-21-12-14-22(15-13-21)26(27(35)32-23-16-18-24(38-10)19-17-23)34(30(4,5)6)28(36)25(20(2)3)33-29(37)39-31(7,8)9/h12-20,25-26H,11H2,1-10H3,(H,32,35)(H,33,37). The Labute approximate surface area is 233 Å². The maximum Gasteiger partial charge on any atom is 0.408 e. The largest absolute Gasteiger partial charge is 0.497 e. The van der Waals surface area contributed by atoms with Crippen LogP contribution in [0.1, 0.15) is 79.5 Å². The zero-order chi connectivity index (χ0) is 29.5. The molecule has 0 fully saturated rings. The first-order valence-electron chi connectivity index (χ1n) is 13.4. The minimum atomic E-state index is -0.966. The quantitative estimate of drug-likeness (QED) is 0.401. The molecule has 2 unspecified atom stereocenters. The predicted octanol–water partition coefficient (Wildman–Crippen LogP) is 6.11. The fraction of sp³-hybridized carbons (Fsp3) is 0.516. The van der Waals surface area contributed by atoms with Gasteiger partial charge in [-0.05, 0) is 89.3 Å². The van der Waals surface area contributed by atoms with E-state index in [-0.39, 0.29) is 17.7 Å². The molecule has 2 N–H and O–H groups in total. The van der Waals surface area contributed by atoms with Crippen LogP contribution in [-0.2, 0) is 20.7 Å². The third-order valence-corrected chi connectivity index (χ3v) is 6.13. The number of carbonyl (C=O) groups is 3. The van der Waals surface area contributed by atoms with Crippen molar-refractivity contribution in [2.24, 2.45) is 5.92 Å². The maximum atomic E-state index is 14.3. The van der Waals surface area contributed by atoms with Crippen molar-refractivity contribution in [1.29, 1.82) is 0 Å². The summed E-state index contributed by atoms with van der Waals surface area (Å²) in [4.78, 5) is 42.5. The number of amides is 3. The number of hydrogen-bond donors (Lipinski definition) is 2. The van der Waals surface area contributed by atoms with Crippen molar-refractivity contribution in [3.05, 3.63) is 59.7 Å². The molecule has 2 aromatic rings. The van der Waals surface area contributed by atoms with E-state index in [4.69, 9.17) is 9.47 Å². The minimum absolute atomic E-state index is 0.261. The van der Waals surface area contributed by atoms with Gasteiger partial charge in [-0.15, -0.1) is 0 Å². The van der Waals surface area contributed by atoms with Crippen molar-refractivity contribution >= 4 is 23.6 Å². The van der Waals surface area contributed by atoms with Crippen LogP contribution >= 0.6 is 0 Å². The summed E-state index contributed by atoms with van der Waals surface area (Å²) >= 11 is 0. The molecule has 214 valence electrons. The Morgan fingerprint density at radius 2 is 1.46 bits per heavy atom. The molecule has 3 amide bonds. The highest BCUT2D eigenvalue weighted by atomic mass is 16.6. The maximum absolute atomic E-state index is 14.3. The molecule has 0 saturated carbocycles. The van der Waals surface area contributed by atoms with Gasteiger partial charge in [0.05, 0.1) is 7.11 Å². The van der Waals surface area contributed by atoms with Gasteiger partial charge >= 0.3 is 6.09 Å². The first-order valence-corrected chi connectivity index (χ1v) is 13.4. The lowest BCUT2D eigenvalue weighted by Gasteiger charge is -2.43. The number of methoxy groups -OCH3 is 1. The lowest BCUT2D eigenvalue weighted by atomic mass is 9.92. The van der Waals surface area contributed by atoms with Crippen LogP contribution in [0, 0.1) is 5.92 Å². The van der Waals surface area contributed by atoms with E-state index in [1.165, 1.54) is 0 Å². The molecule has 0 aliphatic carbocycles. The Bertz CT molecular complexity index is 1110. The summed E-state index contributed by atoms with van der Waals surface area (Å²) in [5.74, 6) is -0.341. The molecule has 2 rings (SSSR count). The number of alkyl carbamates (subject to hydrolysis) is 1. The van der Waals surface area contributed by atoms with Gasteiger partial charge in [0.1, 0.15) is 23.4 Å². The van der Waals surface area contributed by atoms with Gasteiger partial charge in [-0.3, -0.25) is 9.59 Å². The number of aryl methyl sites for hydroxylation is 1. The van der Waals surface area contributed by atoms with Gasteiger partial charge < -0.3 is 25.0 Å². The van der Waals surface area contributed by atoms with Crippen LogP contribution in [0.3, 0.4) is 0 Å². The van der Waals surface area contributed by atoms with Gasteiger partial charge in [0.2, 0.25) is 5.91 Å². The number of hydrogen-bond acceptors (Lipinski definition) is 5. The molecule has 0 aliphatic rings. The van der Waals surface area contributed by atoms with Crippen LogP contribution in [0.15, 0.2) is 48.5 Å². The monoisotopic (exact) mass is 539 g/mol. The van der Waals surface area contributed by atoms with Crippen molar-refractivity contribution in [2.45, 2.75) is 92.0 Å². The van der Waals surface area contributed by atoms with Gasteiger partial charge in [0.15, 0.2) is 0 Å². The Kier molecular flexibility index (Phi) is 10.6. The molecule has 0 aromatic heterocycles. The van der Waals surface area contributed by atoms with Crippen LogP contribution in [0.5, 0.6) is 5.75 Å². The number of carbonyl (C=O) groups excluding carboxylic acids is 3. The molecule has 2 atom stereocenters. The summed E-state index contributed by atoms with van der Waals surface area (Å²) in [6.07, 6.45) is 0.162. The van der Waals surface area contributed by atoms with E-state index in [9.17, 15) is 14.4 Å². The van der Waals surface area contributed by atoms with E-state index in [0.29, 0.717) is 17.0 Å². The number of anilines is 1. The van der Waals surface area contributed by atoms with Crippen LogP contribution in [0.2, 0.25) is 0 Å². The van der Waals surface area contributed by atoms with Crippen LogP contribution < -0.4 is 15.4 Å². The fourth-order valence-electron chi connectivity index (χ4n) is 4.18. The van der Waals surface area contributed by atoms with Crippen LogP contribution in [0.4, 0.5) is 10.5 Å². The molecule has 0 saturated heterocycles. The summed E-state index contributed by atoms with van der Waals surface area (Å²) in [5.41, 5.74) is 0.866. The second kappa shape index (κ2) is 13.0. The second-order valence-corrected chi connectivity index (χ2v) is 12.0. The number of nitrogens with one attached hydrogen (secondary N) is 2. The molecule has 2 aromatic carbocycles. The summed E-state index contributed by atoms with van der Waals surface area (Å²) in [6, 6.07) is 12.8. The normalized spacial score (nSPS) is 13.3. The van der Waals surface area contributed by atoms with E-state index in [1.54, 1.807) is 57.0 Å². The van der Waals surface area contributed by atoms with Crippen LogP contribution in [0.25, 0.3) is 0 Å². The fourth-order valence-corrected chi connectivity index (χ4v) is 4.18. The SMILES string of the molecule is CCc1ccc(C(C(=O)Nc2ccc(OC)cc2)N(C(=O)C(NC(=O)OC(C)(C)C)C(C)C)C(C)(C)C)cc1. The summed E-state index contributed by atoms with van der Waals surface area (Å²) in [7, 11) is 1.58. The van der Waals surface area contributed by atoms with Crippen molar-refractivity contribution in [1.82, 2.24) is 10.2 Å². The van der Waals surface area contributed by atoms with Gasteiger partial charge in [-0.1, -0.05) is 45.0 Å². The number of benzene rings is 2. The summed E-state index contributed by atoms with van der Waals surface area (Å²) in [6.45, 7) is 16.7. The van der Waals surface area contributed by atoms with Gasteiger partial charge in [-0.25, -0.2) is 4.79 Å². The molecular formula is C31H45N3O5. The molecule has 0 aliphatic heterocycles. The third-order valence-electron chi connectivity index (χ3n) is 6.13. The van der Waals surface area contributed by atoms with E-state index in [1.807, 2.05) is 58.9 Å². The van der Waals surface area contributed by atoms with E-state index < -0.39 is 29.3 Å². The average Bonchev–Trinajstić information content (AvgIpc) is 2.84. The zero-order valence-corrected chi connectivity index (χ0v) is 25.0. The van der Waals surface area contributed by atoms with E-state index in [0.717, 1.165) is 12.0 Å². The van der Waals surface area contributed by atoms with E-state index in [2.05, 4.69) is 17.6 Å². The Morgan fingerprint density at radius 3 is 1.90 bits per heavy atom. The Hall–Kier alpha value is -3.55. The highest BCUT2D eigenvalue weighted by Crippen LogP contribution is 2.32. The van der Waals surface area contributed by atoms with Crippen molar-refractivity contribution in [2.75, 3.05) is 12.4 Å². The lowest BCUT2D eigenvalue weighted by molar-refractivity contribution is -0.147. The van der Waals surface area contributed by atoms with Crippen LogP contribution in [-0.4, -0.2) is 47.1 Å². The lowest BCUT2D eigenvalue weighted by Crippen LogP contribution is -2.59. The molecule has 0 spiro atoms. The number of rotatable bonds is 9. The smallest absolute Gasteiger partial charge is 0.408 e. The number of nitrogens with zero attached hydrogens (tertiary/aromatic N) is 1. The van der Waals surface area contributed by atoms with Crippen molar-refractivity contribution < 1.29 is 23.9 Å². The van der Waals surface area contributed by atoms with E-state index >= 15 is 0 Å². The second-order valence-electron chi connectivity index (χ2n) is 12.0. The highest BCUT2D eigenvalue weighted by Gasteiger charge is 2.42. The minimum Gasteiger partial charge on any atom is -0.497 e. The predicted molar refractivity (Wildman–Crippen MR) is 155 cm³/mol. The molecule has 0 heterocycles. The first kappa shape index (κ1) is 31.7. The molecule has 8 heteroatoms. The molecule has 39 heavy (non-hydrogen) atoms. The molecular weight excluding hydrogens is 494 g/mol. The molecule has 8 nitrogen and oxygen atoms in total. The summed E-state index contributed by atoms with van der Waals surface area (Å²) in [5, 5.41) is 5.72. The number of ether oxygens (including phenoxy) is 2. The van der Waals surface area contributed by atoms with Crippen molar-refractivity contribution in [3.63, 3.8) is 0 Å². The first-order chi connectivity index (χ1) is 18.1.